The van der Waals surface area contributed by atoms with Crippen molar-refractivity contribution in [3.05, 3.63) is 57.2 Å². The molecule has 0 amide bonds. The Balaban J connectivity index is 1.95. The van der Waals surface area contributed by atoms with Crippen molar-refractivity contribution in [2.75, 3.05) is 0 Å². The monoisotopic (exact) mass is 285 g/mol. The fourth-order valence-corrected chi connectivity index (χ4v) is 2.76. The number of nitrogens with one attached hydrogen (secondary N) is 1. The number of rotatable bonds is 3. The number of nitro groups is 1. The van der Waals surface area contributed by atoms with Gasteiger partial charge < -0.3 is 4.98 Å². The van der Waals surface area contributed by atoms with E-state index in [1.807, 2.05) is 37.3 Å². The average Bonchev–Trinajstić information content (AvgIpc) is 3.04. The molecule has 0 radical (unpaired) electrons. The lowest BCUT2D eigenvalue weighted by Gasteiger charge is -1.93. The molecule has 1 N–H and O–H groups in total. The molecule has 6 heteroatoms. The Morgan fingerprint density at radius 1 is 1.35 bits per heavy atom. The van der Waals surface area contributed by atoms with Gasteiger partial charge in [0.2, 0.25) is 0 Å². The molecule has 20 heavy (non-hydrogen) atoms. The summed E-state index contributed by atoms with van der Waals surface area (Å²) in [6.45, 7) is 1.93. The van der Waals surface area contributed by atoms with Crippen LogP contribution in [-0.4, -0.2) is 14.9 Å². The topological polar surface area (TPSA) is 71.8 Å². The molecule has 0 atom stereocenters. The highest BCUT2D eigenvalue weighted by Crippen LogP contribution is 2.27. The molecule has 2 aromatic heterocycles. The van der Waals surface area contributed by atoms with E-state index >= 15 is 0 Å². The zero-order valence-electron chi connectivity index (χ0n) is 10.7. The Kier molecular flexibility index (Phi) is 3.08. The minimum atomic E-state index is -0.376. The zero-order chi connectivity index (χ0) is 14.1. The maximum Gasteiger partial charge on any atom is 0.324 e. The first kappa shape index (κ1) is 12.6. The number of aromatic amines is 1. The van der Waals surface area contributed by atoms with E-state index in [1.165, 1.54) is 6.07 Å². The standard InChI is InChI=1S/C14H11N3O2S/c1-9(8-10-6-7-13(20-10)17(18)19)14-15-11-4-2-3-5-12(11)16-14/h2-8H,1H3,(H,15,16)/b9-8+. The van der Waals surface area contributed by atoms with E-state index in [2.05, 4.69) is 9.97 Å². The maximum atomic E-state index is 10.7. The Bertz CT molecular complexity index is 784. The van der Waals surface area contributed by atoms with E-state index in [0.29, 0.717) is 0 Å². The van der Waals surface area contributed by atoms with Crippen LogP contribution < -0.4 is 0 Å². The van der Waals surface area contributed by atoms with E-state index in [9.17, 15) is 10.1 Å². The minimum absolute atomic E-state index is 0.147. The number of thiophene rings is 1. The molecule has 2 heterocycles. The molecule has 100 valence electrons. The van der Waals surface area contributed by atoms with Gasteiger partial charge in [0, 0.05) is 10.9 Å². The van der Waals surface area contributed by atoms with E-state index in [-0.39, 0.29) is 9.92 Å². The number of imidazole rings is 1. The molecule has 5 nitrogen and oxygen atoms in total. The summed E-state index contributed by atoms with van der Waals surface area (Å²) in [5.74, 6) is 0.780. The molecule has 0 bridgehead atoms. The lowest BCUT2D eigenvalue weighted by atomic mass is 10.2. The molecule has 0 unspecified atom stereocenters. The maximum absolute atomic E-state index is 10.7. The van der Waals surface area contributed by atoms with Crippen LogP contribution in [0.25, 0.3) is 22.7 Å². The van der Waals surface area contributed by atoms with Crippen molar-refractivity contribution >= 4 is 39.0 Å². The number of H-pyrrole nitrogens is 1. The summed E-state index contributed by atoms with van der Waals surface area (Å²) in [4.78, 5) is 18.9. The van der Waals surface area contributed by atoms with Gasteiger partial charge in [-0.2, -0.15) is 0 Å². The summed E-state index contributed by atoms with van der Waals surface area (Å²) >= 11 is 1.15. The molecular formula is C14H11N3O2S. The van der Waals surface area contributed by atoms with Crippen molar-refractivity contribution in [2.45, 2.75) is 6.92 Å². The molecule has 1 aromatic carbocycles. The van der Waals surface area contributed by atoms with Crippen molar-refractivity contribution in [2.24, 2.45) is 0 Å². The summed E-state index contributed by atoms with van der Waals surface area (Å²) in [7, 11) is 0. The largest absolute Gasteiger partial charge is 0.338 e. The zero-order valence-corrected chi connectivity index (χ0v) is 11.5. The fourth-order valence-electron chi connectivity index (χ4n) is 1.94. The van der Waals surface area contributed by atoms with Gasteiger partial charge in [-0.15, -0.1) is 0 Å². The second kappa shape index (κ2) is 4.90. The van der Waals surface area contributed by atoms with Crippen LogP contribution >= 0.6 is 11.3 Å². The summed E-state index contributed by atoms with van der Waals surface area (Å²) in [5.41, 5.74) is 2.83. The van der Waals surface area contributed by atoms with Crippen LogP contribution in [0.15, 0.2) is 36.4 Å². The number of benzene rings is 1. The third-order valence-corrected chi connectivity index (χ3v) is 3.90. The number of fused-ring (bicyclic) bond motifs is 1. The van der Waals surface area contributed by atoms with Crippen molar-refractivity contribution in [3.63, 3.8) is 0 Å². The van der Waals surface area contributed by atoms with Gasteiger partial charge in [0.05, 0.1) is 16.0 Å². The van der Waals surface area contributed by atoms with Gasteiger partial charge in [-0.05, 0) is 36.8 Å². The van der Waals surface area contributed by atoms with Crippen molar-refractivity contribution in [3.8, 4) is 0 Å². The second-order valence-corrected chi connectivity index (χ2v) is 5.46. The van der Waals surface area contributed by atoms with E-state index < -0.39 is 0 Å². The van der Waals surface area contributed by atoms with Crippen LogP contribution in [0.1, 0.15) is 17.6 Å². The van der Waals surface area contributed by atoms with Crippen molar-refractivity contribution in [1.29, 1.82) is 0 Å². The number of hydrogen-bond donors (Lipinski definition) is 1. The second-order valence-electron chi connectivity index (χ2n) is 4.36. The summed E-state index contributed by atoms with van der Waals surface area (Å²) in [5, 5.41) is 10.8. The molecule has 0 saturated heterocycles. The van der Waals surface area contributed by atoms with Crippen LogP contribution in [0.4, 0.5) is 5.00 Å². The smallest absolute Gasteiger partial charge is 0.324 e. The molecule has 3 rings (SSSR count). The Morgan fingerprint density at radius 3 is 2.85 bits per heavy atom. The number of para-hydroxylation sites is 2. The van der Waals surface area contributed by atoms with E-state index in [4.69, 9.17) is 0 Å². The summed E-state index contributed by atoms with van der Waals surface area (Å²) in [6, 6.07) is 11.1. The van der Waals surface area contributed by atoms with Gasteiger partial charge in [0.1, 0.15) is 5.82 Å². The number of allylic oxidation sites excluding steroid dienone is 1. The molecule has 0 aliphatic rings. The summed E-state index contributed by atoms with van der Waals surface area (Å²) < 4.78 is 0. The van der Waals surface area contributed by atoms with Gasteiger partial charge in [-0.25, -0.2) is 4.98 Å². The molecule has 3 aromatic rings. The predicted octanol–water partition coefficient (Wildman–Crippen LogP) is 4.09. The van der Waals surface area contributed by atoms with Crippen LogP contribution in [0.3, 0.4) is 0 Å². The SMILES string of the molecule is C/C(=C\c1ccc([N+](=O)[O-])s1)c1nc2ccccc2[nH]1. The van der Waals surface area contributed by atoms with Crippen molar-refractivity contribution in [1.82, 2.24) is 9.97 Å². The molecular weight excluding hydrogens is 274 g/mol. The van der Waals surface area contributed by atoms with Crippen LogP contribution in [0.5, 0.6) is 0 Å². The average molecular weight is 285 g/mol. The molecule has 0 aliphatic carbocycles. The first-order valence-electron chi connectivity index (χ1n) is 6.01. The molecule has 0 fully saturated rings. The first-order chi connectivity index (χ1) is 9.63. The molecule has 0 saturated carbocycles. The summed E-state index contributed by atoms with van der Waals surface area (Å²) in [6.07, 6.45) is 1.90. The normalized spacial score (nSPS) is 11.9. The predicted molar refractivity (Wildman–Crippen MR) is 80.6 cm³/mol. The van der Waals surface area contributed by atoms with Gasteiger partial charge in [-0.1, -0.05) is 23.5 Å². The number of nitrogens with zero attached hydrogens (tertiary/aromatic N) is 2. The molecule has 0 aliphatic heterocycles. The lowest BCUT2D eigenvalue weighted by molar-refractivity contribution is -0.380. The van der Waals surface area contributed by atoms with E-state index in [0.717, 1.165) is 38.6 Å². The van der Waals surface area contributed by atoms with Crippen LogP contribution in [0.2, 0.25) is 0 Å². The first-order valence-corrected chi connectivity index (χ1v) is 6.83. The quantitative estimate of drug-likeness (QED) is 0.582. The Labute approximate surface area is 118 Å². The van der Waals surface area contributed by atoms with E-state index in [1.54, 1.807) is 6.07 Å². The van der Waals surface area contributed by atoms with Gasteiger partial charge in [0.25, 0.3) is 0 Å². The Hall–Kier alpha value is -2.47. The molecule has 0 spiro atoms. The number of aromatic nitrogens is 2. The number of hydrogen-bond acceptors (Lipinski definition) is 4. The highest BCUT2D eigenvalue weighted by molar-refractivity contribution is 7.16. The fraction of sp³-hybridized carbons (Fsp3) is 0.0714. The van der Waals surface area contributed by atoms with Crippen LogP contribution in [-0.2, 0) is 0 Å². The van der Waals surface area contributed by atoms with Crippen molar-refractivity contribution < 1.29 is 4.92 Å². The Morgan fingerprint density at radius 2 is 2.15 bits per heavy atom. The van der Waals surface area contributed by atoms with Gasteiger partial charge in [0.15, 0.2) is 0 Å². The van der Waals surface area contributed by atoms with Crippen LogP contribution in [0, 0.1) is 10.1 Å². The highest BCUT2D eigenvalue weighted by atomic mass is 32.1. The lowest BCUT2D eigenvalue weighted by Crippen LogP contribution is -1.81. The third-order valence-electron chi connectivity index (χ3n) is 2.91. The minimum Gasteiger partial charge on any atom is -0.338 e. The van der Waals surface area contributed by atoms with Gasteiger partial charge >= 0.3 is 5.00 Å². The highest BCUT2D eigenvalue weighted by Gasteiger charge is 2.09. The van der Waals surface area contributed by atoms with Gasteiger partial charge in [-0.3, -0.25) is 10.1 Å². The third kappa shape index (κ3) is 2.33.